The summed E-state index contributed by atoms with van der Waals surface area (Å²) < 4.78 is 50.5. The molecule has 0 unspecified atom stereocenters. The molecule has 0 aliphatic carbocycles. The number of carbonyl (C=O) groups is 1. The van der Waals surface area contributed by atoms with Crippen molar-refractivity contribution in [3.05, 3.63) is 111 Å². The number of rotatable bonds is 8. The highest BCUT2D eigenvalue weighted by Crippen LogP contribution is 2.33. The van der Waals surface area contributed by atoms with Crippen molar-refractivity contribution >= 4 is 29.1 Å². The van der Waals surface area contributed by atoms with Gasteiger partial charge in [0.15, 0.2) is 0 Å². The highest BCUT2D eigenvalue weighted by molar-refractivity contribution is 6.33. The number of hydrogen-bond donors (Lipinski definition) is 0. The fraction of sp³-hybridized carbons (Fsp3) is 0.290. The average molecular weight is 618 g/mol. The molecule has 5 rings (SSSR count). The van der Waals surface area contributed by atoms with Crippen LogP contribution in [0.4, 0.5) is 13.2 Å². The van der Waals surface area contributed by atoms with Crippen LogP contribution in [-0.4, -0.2) is 53.6 Å². The Labute approximate surface area is 251 Å². The van der Waals surface area contributed by atoms with Gasteiger partial charge in [-0.3, -0.25) is 9.69 Å². The summed E-state index contributed by atoms with van der Waals surface area (Å²) in [6.07, 6.45) is -4.75. The van der Waals surface area contributed by atoms with Crippen LogP contribution in [0.2, 0.25) is 10.0 Å². The van der Waals surface area contributed by atoms with Crippen molar-refractivity contribution in [1.29, 1.82) is 0 Å². The van der Waals surface area contributed by atoms with Crippen LogP contribution in [0.3, 0.4) is 0 Å². The summed E-state index contributed by atoms with van der Waals surface area (Å²) in [7, 11) is 0. The second-order valence-electron chi connectivity index (χ2n) is 10.1. The van der Waals surface area contributed by atoms with Crippen molar-refractivity contribution in [3.63, 3.8) is 0 Å². The Hall–Kier alpha value is -3.37. The number of halogens is 5. The molecule has 1 atom stereocenters. The zero-order chi connectivity index (χ0) is 29.9. The first-order valence-corrected chi connectivity index (χ1v) is 14.1. The molecule has 1 amide bonds. The number of piperazine rings is 1. The Bertz CT molecular complexity index is 1520. The molecule has 0 N–H and O–H groups in total. The van der Waals surface area contributed by atoms with E-state index in [2.05, 4.69) is 10.1 Å². The van der Waals surface area contributed by atoms with E-state index in [0.29, 0.717) is 70.9 Å². The van der Waals surface area contributed by atoms with Gasteiger partial charge in [0.1, 0.15) is 17.0 Å². The van der Waals surface area contributed by atoms with Crippen LogP contribution in [0, 0.1) is 6.92 Å². The Morgan fingerprint density at radius 1 is 0.976 bits per heavy atom. The number of carbonyl (C=O) groups excluding carboxylic acids is 1. The van der Waals surface area contributed by atoms with E-state index in [1.807, 2.05) is 24.3 Å². The lowest BCUT2D eigenvalue weighted by atomic mass is 10.0. The lowest BCUT2D eigenvalue weighted by Gasteiger charge is -2.36. The number of aryl methyl sites for hydroxylation is 1. The lowest BCUT2D eigenvalue weighted by Crippen LogP contribution is -2.49. The largest absolute Gasteiger partial charge is 0.416 e. The number of nitrogens with zero attached hydrogens (tertiary/aromatic N) is 3. The van der Waals surface area contributed by atoms with Gasteiger partial charge in [0.2, 0.25) is 0 Å². The summed E-state index contributed by atoms with van der Waals surface area (Å²) in [6.45, 7) is 4.55. The van der Waals surface area contributed by atoms with Gasteiger partial charge in [-0.2, -0.15) is 13.2 Å². The molecule has 1 aliphatic rings. The molecule has 6 nitrogen and oxygen atoms in total. The predicted molar refractivity (Wildman–Crippen MR) is 154 cm³/mol. The minimum atomic E-state index is -4.39. The monoisotopic (exact) mass is 617 g/mol. The zero-order valence-corrected chi connectivity index (χ0v) is 24.2. The molecule has 0 bridgehead atoms. The average Bonchev–Trinajstić information content (AvgIpc) is 3.36. The van der Waals surface area contributed by atoms with Crippen LogP contribution >= 0.6 is 23.2 Å². The molecule has 0 spiro atoms. The topological polar surface area (TPSA) is 58.8 Å². The Balaban J connectivity index is 1.25. The third kappa shape index (κ3) is 6.98. The zero-order valence-electron chi connectivity index (χ0n) is 22.7. The first-order valence-electron chi connectivity index (χ1n) is 13.4. The highest BCUT2D eigenvalue weighted by Gasteiger charge is 2.31. The quantitative estimate of drug-likeness (QED) is 0.203. The van der Waals surface area contributed by atoms with Crippen LogP contribution in [0.15, 0.2) is 77.3 Å². The SMILES string of the molecule is Cc1onc(-c2ccccc2Cl)c1C(=O)N1CCN(C[C@@H](OCc2ccc(C(F)(F)F)cc2)c2ccc(Cl)cc2)CC1. The van der Waals surface area contributed by atoms with Crippen molar-refractivity contribution in [2.45, 2.75) is 25.8 Å². The fourth-order valence-electron chi connectivity index (χ4n) is 4.91. The van der Waals surface area contributed by atoms with Gasteiger partial charge >= 0.3 is 6.18 Å². The number of hydrogen-bond acceptors (Lipinski definition) is 5. The molecule has 1 fully saturated rings. The minimum Gasteiger partial charge on any atom is -0.368 e. The lowest BCUT2D eigenvalue weighted by molar-refractivity contribution is -0.137. The molecule has 2 heterocycles. The number of ether oxygens (including phenoxy) is 1. The van der Waals surface area contributed by atoms with Gasteiger partial charge < -0.3 is 14.2 Å². The minimum absolute atomic E-state index is 0.140. The number of alkyl halides is 3. The van der Waals surface area contributed by atoms with Gasteiger partial charge in [0.05, 0.1) is 23.3 Å². The van der Waals surface area contributed by atoms with Crippen molar-refractivity contribution < 1.29 is 27.2 Å². The summed E-state index contributed by atoms with van der Waals surface area (Å²) >= 11 is 12.5. The maximum absolute atomic E-state index is 13.6. The van der Waals surface area contributed by atoms with E-state index in [-0.39, 0.29) is 18.6 Å². The first-order chi connectivity index (χ1) is 20.1. The molecule has 42 heavy (non-hydrogen) atoms. The van der Waals surface area contributed by atoms with Crippen LogP contribution in [0.25, 0.3) is 11.3 Å². The van der Waals surface area contributed by atoms with Crippen LogP contribution < -0.4 is 0 Å². The fourth-order valence-corrected chi connectivity index (χ4v) is 5.26. The van der Waals surface area contributed by atoms with Crippen molar-refractivity contribution in [3.8, 4) is 11.3 Å². The van der Waals surface area contributed by atoms with Gasteiger partial charge in [-0.1, -0.05) is 70.8 Å². The summed E-state index contributed by atoms with van der Waals surface area (Å²) in [5.74, 6) is 0.257. The van der Waals surface area contributed by atoms with E-state index in [0.717, 1.165) is 17.7 Å². The molecule has 3 aromatic carbocycles. The van der Waals surface area contributed by atoms with E-state index in [1.165, 1.54) is 12.1 Å². The maximum atomic E-state index is 13.6. The molecule has 0 radical (unpaired) electrons. The second kappa shape index (κ2) is 12.9. The summed E-state index contributed by atoms with van der Waals surface area (Å²) in [5.41, 5.74) is 2.29. The third-order valence-electron chi connectivity index (χ3n) is 7.26. The number of amides is 1. The van der Waals surface area contributed by atoms with Crippen LogP contribution in [0.1, 0.15) is 38.9 Å². The Kier molecular flexibility index (Phi) is 9.22. The van der Waals surface area contributed by atoms with Crippen LogP contribution in [0.5, 0.6) is 0 Å². The molecule has 220 valence electrons. The van der Waals surface area contributed by atoms with Gasteiger partial charge in [0.25, 0.3) is 5.91 Å². The van der Waals surface area contributed by atoms with Crippen LogP contribution in [-0.2, 0) is 17.5 Å². The van der Waals surface area contributed by atoms with Gasteiger partial charge in [0, 0.05) is 43.3 Å². The molecular formula is C31H28Cl2F3N3O3. The third-order valence-corrected chi connectivity index (χ3v) is 7.84. The molecule has 1 saturated heterocycles. The summed E-state index contributed by atoms with van der Waals surface area (Å²) in [6, 6.07) is 19.5. The summed E-state index contributed by atoms with van der Waals surface area (Å²) in [5, 5.41) is 5.19. The highest BCUT2D eigenvalue weighted by atomic mass is 35.5. The molecule has 11 heteroatoms. The number of benzene rings is 3. The standard InChI is InChI=1S/C31H28Cl2F3N3O3/c1-20-28(29(37-42-20)25-4-2-3-5-26(25)33)30(40)39-16-14-38(15-17-39)18-27(22-8-12-24(32)13-9-22)41-19-21-6-10-23(11-7-21)31(34,35)36/h2-13,27H,14-19H2,1H3/t27-/m1/s1. The molecule has 1 aliphatic heterocycles. The van der Waals surface area contributed by atoms with E-state index in [4.69, 9.17) is 32.5 Å². The number of aromatic nitrogens is 1. The molecular weight excluding hydrogens is 590 g/mol. The van der Waals surface area contributed by atoms with E-state index in [1.54, 1.807) is 36.1 Å². The second-order valence-corrected chi connectivity index (χ2v) is 10.9. The Morgan fingerprint density at radius 3 is 2.29 bits per heavy atom. The molecule has 1 aromatic heterocycles. The van der Waals surface area contributed by atoms with Crippen molar-refractivity contribution in [2.75, 3.05) is 32.7 Å². The van der Waals surface area contributed by atoms with Gasteiger partial charge in [-0.25, -0.2) is 0 Å². The normalized spacial score (nSPS) is 15.1. The molecule has 4 aromatic rings. The maximum Gasteiger partial charge on any atom is 0.416 e. The van der Waals surface area contributed by atoms with Crippen molar-refractivity contribution in [2.24, 2.45) is 0 Å². The smallest absolute Gasteiger partial charge is 0.368 e. The molecule has 0 saturated carbocycles. The van der Waals surface area contributed by atoms with Gasteiger partial charge in [-0.05, 0) is 48.4 Å². The van der Waals surface area contributed by atoms with E-state index < -0.39 is 11.7 Å². The van der Waals surface area contributed by atoms with E-state index >= 15 is 0 Å². The summed E-state index contributed by atoms with van der Waals surface area (Å²) in [4.78, 5) is 17.5. The van der Waals surface area contributed by atoms with Crippen molar-refractivity contribution in [1.82, 2.24) is 15.0 Å². The van der Waals surface area contributed by atoms with E-state index in [9.17, 15) is 18.0 Å². The van der Waals surface area contributed by atoms with Gasteiger partial charge in [-0.15, -0.1) is 0 Å². The predicted octanol–water partition coefficient (Wildman–Crippen LogP) is 7.69. The Morgan fingerprint density at radius 2 is 1.64 bits per heavy atom. The first kappa shape index (κ1) is 30.1.